The van der Waals surface area contributed by atoms with E-state index in [9.17, 15) is 13.2 Å². The molecule has 0 atom stereocenters. The van der Waals surface area contributed by atoms with Gasteiger partial charge in [0.1, 0.15) is 0 Å². The first kappa shape index (κ1) is 23.5. The van der Waals surface area contributed by atoms with Crippen molar-refractivity contribution < 1.29 is 13.2 Å². The zero-order chi connectivity index (χ0) is 23.4. The van der Waals surface area contributed by atoms with Crippen molar-refractivity contribution in [2.24, 2.45) is 0 Å². The van der Waals surface area contributed by atoms with Gasteiger partial charge in [0.2, 0.25) is 10.0 Å². The van der Waals surface area contributed by atoms with Crippen molar-refractivity contribution in [3.8, 4) is 0 Å². The molecule has 3 aromatic carbocycles. The van der Waals surface area contributed by atoms with E-state index in [1.165, 1.54) is 10.6 Å². The van der Waals surface area contributed by atoms with E-state index >= 15 is 0 Å². The lowest BCUT2D eigenvalue weighted by molar-refractivity contribution is 0.0913. The molecule has 168 valence electrons. The first-order valence-electron chi connectivity index (χ1n) is 10.5. The SMILES string of the molecule is Cc1cccc(N(Cc2ccc(C(=O)NC(C)(C)Cc3ccccc3)cc2)S(C)(=O)=O)c1. The molecule has 1 N–H and O–H groups in total. The standard InChI is InChI=1S/C26H30N2O3S/c1-20-9-8-12-24(17-20)28(32(4,30)31)19-22-13-15-23(16-14-22)25(29)27-26(2,3)18-21-10-6-5-7-11-21/h5-17H,18-19H2,1-4H3,(H,27,29). The van der Waals surface area contributed by atoms with E-state index in [1.807, 2.05) is 69.3 Å². The monoisotopic (exact) mass is 450 g/mol. The highest BCUT2D eigenvalue weighted by atomic mass is 32.2. The van der Waals surface area contributed by atoms with Gasteiger partial charge in [0.15, 0.2) is 0 Å². The maximum absolute atomic E-state index is 12.8. The Morgan fingerprint density at radius 1 is 0.906 bits per heavy atom. The van der Waals surface area contributed by atoms with Crippen molar-refractivity contribution in [3.63, 3.8) is 0 Å². The Labute approximate surface area is 191 Å². The van der Waals surface area contributed by atoms with Crippen molar-refractivity contribution >= 4 is 21.6 Å². The van der Waals surface area contributed by atoms with Crippen LogP contribution in [-0.2, 0) is 23.0 Å². The second kappa shape index (κ2) is 9.57. The third-order valence-corrected chi connectivity index (χ3v) is 6.31. The number of hydrogen-bond acceptors (Lipinski definition) is 3. The van der Waals surface area contributed by atoms with Crippen LogP contribution in [0.5, 0.6) is 0 Å². The number of nitrogens with one attached hydrogen (secondary N) is 1. The van der Waals surface area contributed by atoms with Crippen molar-refractivity contribution in [2.75, 3.05) is 10.6 Å². The van der Waals surface area contributed by atoms with Gasteiger partial charge in [0.25, 0.3) is 5.91 Å². The zero-order valence-corrected chi connectivity index (χ0v) is 19.8. The van der Waals surface area contributed by atoms with Gasteiger partial charge >= 0.3 is 0 Å². The number of nitrogens with zero attached hydrogens (tertiary/aromatic N) is 1. The van der Waals surface area contributed by atoms with Crippen LogP contribution >= 0.6 is 0 Å². The van der Waals surface area contributed by atoms with Crippen LogP contribution < -0.4 is 9.62 Å². The summed E-state index contributed by atoms with van der Waals surface area (Å²) in [5.74, 6) is -0.156. The van der Waals surface area contributed by atoms with E-state index in [0.29, 0.717) is 11.3 Å². The lowest BCUT2D eigenvalue weighted by atomic mass is 9.94. The minimum atomic E-state index is -3.46. The molecule has 1 amide bonds. The summed E-state index contributed by atoms with van der Waals surface area (Å²) in [6.45, 7) is 6.12. The van der Waals surface area contributed by atoms with Crippen LogP contribution in [0.2, 0.25) is 0 Å². The Bertz CT molecular complexity index is 1170. The van der Waals surface area contributed by atoms with Crippen molar-refractivity contribution in [2.45, 2.75) is 39.3 Å². The fourth-order valence-electron chi connectivity index (χ4n) is 3.64. The minimum Gasteiger partial charge on any atom is -0.347 e. The van der Waals surface area contributed by atoms with Gasteiger partial charge in [-0.1, -0.05) is 54.6 Å². The number of benzene rings is 3. The molecule has 3 aromatic rings. The fraction of sp³-hybridized carbons (Fsp3) is 0.269. The Morgan fingerprint density at radius 2 is 1.56 bits per heavy atom. The van der Waals surface area contributed by atoms with E-state index in [1.54, 1.807) is 30.3 Å². The number of sulfonamides is 1. The number of rotatable bonds is 8. The van der Waals surface area contributed by atoms with Crippen LogP contribution in [-0.4, -0.2) is 26.1 Å². The summed E-state index contributed by atoms with van der Waals surface area (Å²) < 4.78 is 26.2. The Kier molecular flexibility index (Phi) is 7.04. The predicted molar refractivity (Wildman–Crippen MR) is 130 cm³/mol. The highest BCUT2D eigenvalue weighted by Crippen LogP contribution is 2.22. The number of anilines is 1. The second-order valence-corrected chi connectivity index (χ2v) is 10.7. The summed E-state index contributed by atoms with van der Waals surface area (Å²) >= 11 is 0. The van der Waals surface area contributed by atoms with Gasteiger partial charge in [0.05, 0.1) is 18.5 Å². The molecular weight excluding hydrogens is 420 g/mol. The molecule has 0 bridgehead atoms. The Hall–Kier alpha value is -3.12. The lowest BCUT2D eigenvalue weighted by Crippen LogP contribution is -2.45. The molecule has 0 saturated heterocycles. The van der Waals surface area contributed by atoms with Gasteiger partial charge in [-0.3, -0.25) is 9.10 Å². The average Bonchev–Trinajstić information content (AvgIpc) is 2.71. The molecule has 0 unspecified atom stereocenters. The molecule has 3 rings (SSSR count). The fourth-order valence-corrected chi connectivity index (χ4v) is 4.52. The molecule has 0 aliphatic heterocycles. The van der Waals surface area contributed by atoms with Crippen molar-refractivity contribution in [1.82, 2.24) is 5.32 Å². The van der Waals surface area contributed by atoms with Crippen molar-refractivity contribution in [1.29, 1.82) is 0 Å². The van der Waals surface area contributed by atoms with E-state index in [0.717, 1.165) is 23.1 Å². The molecule has 32 heavy (non-hydrogen) atoms. The first-order chi connectivity index (χ1) is 15.0. The van der Waals surface area contributed by atoms with Gasteiger partial charge in [-0.05, 0) is 68.1 Å². The van der Waals surface area contributed by atoms with Crippen LogP contribution in [0.4, 0.5) is 5.69 Å². The maximum Gasteiger partial charge on any atom is 0.251 e. The predicted octanol–water partition coefficient (Wildman–Crippen LogP) is 4.71. The Morgan fingerprint density at radius 3 is 2.16 bits per heavy atom. The van der Waals surface area contributed by atoms with Gasteiger partial charge in [-0.15, -0.1) is 0 Å². The second-order valence-electron chi connectivity index (χ2n) is 8.81. The Balaban J connectivity index is 1.71. The van der Waals surface area contributed by atoms with Crippen molar-refractivity contribution in [3.05, 3.63) is 101 Å². The third kappa shape index (κ3) is 6.44. The average molecular weight is 451 g/mol. The van der Waals surface area contributed by atoms with Crippen LogP contribution in [0.15, 0.2) is 78.9 Å². The molecule has 0 heterocycles. The third-order valence-electron chi connectivity index (χ3n) is 5.17. The highest BCUT2D eigenvalue weighted by Gasteiger charge is 2.22. The summed E-state index contributed by atoms with van der Waals surface area (Å²) in [6.07, 6.45) is 1.92. The van der Waals surface area contributed by atoms with Crippen LogP contribution in [0.1, 0.15) is 40.9 Å². The van der Waals surface area contributed by atoms with Crippen LogP contribution in [0.3, 0.4) is 0 Å². The molecule has 6 heteroatoms. The van der Waals surface area contributed by atoms with E-state index < -0.39 is 15.6 Å². The summed E-state index contributed by atoms with van der Waals surface area (Å²) in [4.78, 5) is 12.8. The number of amides is 1. The minimum absolute atomic E-state index is 0.156. The lowest BCUT2D eigenvalue weighted by Gasteiger charge is -2.27. The topological polar surface area (TPSA) is 66.5 Å². The summed E-state index contributed by atoms with van der Waals surface area (Å²) in [5, 5.41) is 3.09. The first-order valence-corrected chi connectivity index (χ1v) is 12.4. The molecule has 0 aliphatic rings. The number of carbonyl (C=O) groups excluding carboxylic acids is 1. The van der Waals surface area contributed by atoms with Crippen LogP contribution in [0.25, 0.3) is 0 Å². The largest absolute Gasteiger partial charge is 0.347 e. The molecule has 0 fully saturated rings. The van der Waals surface area contributed by atoms with Gasteiger partial charge in [0, 0.05) is 11.1 Å². The summed E-state index contributed by atoms with van der Waals surface area (Å²) in [5.41, 5.74) is 3.70. The zero-order valence-electron chi connectivity index (χ0n) is 19.0. The highest BCUT2D eigenvalue weighted by molar-refractivity contribution is 7.92. The molecule has 0 aromatic heterocycles. The van der Waals surface area contributed by atoms with Gasteiger partial charge < -0.3 is 5.32 Å². The number of carbonyl (C=O) groups is 1. The molecule has 0 spiro atoms. The normalized spacial score (nSPS) is 11.8. The summed E-state index contributed by atoms with van der Waals surface area (Å²) in [6, 6.07) is 24.5. The van der Waals surface area contributed by atoms with Gasteiger partial charge in [-0.25, -0.2) is 8.42 Å². The smallest absolute Gasteiger partial charge is 0.251 e. The molecule has 0 saturated carbocycles. The molecular formula is C26H30N2O3S. The van der Waals surface area contributed by atoms with E-state index in [2.05, 4.69) is 5.32 Å². The maximum atomic E-state index is 12.8. The summed E-state index contributed by atoms with van der Waals surface area (Å²) in [7, 11) is -3.46. The molecule has 0 aliphatic carbocycles. The molecule has 5 nitrogen and oxygen atoms in total. The number of hydrogen-bond donors (Lipinski definition) is 1. The van der Waals surface area contributed by atoms with E-state index in [-0.39, 0.29) is 12.5 Å². The van der Waals surface area contributed by atoms with Gasteiger partial charge in [-0.2, -0.15) is 0 Å². The van der Waals surface area contributed by atoms with E-state index in [4.69, 9.17) is 0 Å². The van der Waals surface area contributed by atoms with Crippen LogP contribution in [0, 0.1) is 6.92 Å². The molecule has 0 radical (unpaired) electrons. The quantitative estimate of drug-likeness (QED) is 0.540. The number of aryl methyl sites for hydroxylation is 1.